The van der Waals surface area contributed by atoms with E-state index in [0.29, 0.717) is 16.9 Å². The maximum atomic E-state index is 12.9. The number of anilines is 3. The van der Waals surface area contributed by atoms with Gasteiger partial charge in [0.1, 0.15) is 28.5 Å². The number of carbonyl (C=O) groups excluding carboxylic acids is 2. The number of hydrogen-bond donors (Lipinski definition) is 1. The Hall–Kier alpha value is -3.45. The van der Waals surface area contributed by atoms with Gasteiger partial charge in [0, 0.05) is 5.56 Å². The minimum atomic E-state index is -0.665. The number of nitrogens with two attached hydrogens (primary N) is 1. The first-order valence-corrected chi connectivity index (χ1v) is 9.54. The van der Waals surface area contributed by atoms with Crippen molar-refractivity contribution in [2.45, 2.75) is 26.4 Å². The van der Waals surface area contributed by atoms with E-state index in [9.17, 15) is 9.59 Å². The van der Waals surface area contributed by atoms with Gasteiger partial charge in [0.05, 0.1) is 11.4 Å². The van der Waals surface area contributed by atoms with E-state index in [0.717, 1.165) is 0 Å². The molecule has 2 N–H and O–H groups in total. The summed E-state index contributed by atoms with van der Waals surface area (Å²) in [5, 5.41) is -0.0174. The summed E-state index contributed by atoms with van der Waals surface area (Å²) < 4.78 is 5.56. The van der Waals surface area contributed by atoms with E-state index in [1.54, 1.807) is 57.2 Å². The van der Waals surface area contributed by atoms with Crippen LogP contribution in [-0.4, -0.2) is 27.4 Å². The van der Waals surface area contributed by atoms with Gasteiger partial charge >= 0.3 is 6.09 Å². The molecule has 1 heterocycles. The number of aromatic nitrogens is 2. The van der Waals surface area contributed by atoms with E-state index >= 15 is 0 Å². The molecule has 1 amide bonds. The molecule has 8 heteroatoms. The second-order valence-corrected chi connectivity index (χ2v) is 7.81. The van der Waals surface area contributed by atoms with Crippen molar-refractivity contribution in [1.29, 1.82) is 0 Å². The third-order valence-corrected chi connectivity index (χ3v) is 4.32. The van der Waals surface area contributed by atoms with Crippen molar-refractivity contribution in [3.8, 4) is 0 Å². The molecule has 0 atom stereocenters. The second kappa shape index (κ2) is 8.51. The molecular weight excluding hydrogens is 404 g/mol. The smallest absolute Gasteiger partial charge is 0.419 e. The lowest BCUT2D eigenvalue weighted by Gasteiger charge is -2.27. The van der Waals surface area contributed by atoms with Gasteiger partial charge in [0.2, 0.25) is 0 Å². The van der Waals surface area contributed by atoms with Crippen LogP contribution in [0.2, 0.25) is 5.15 Å². The zero-order valence-corrected chi connectivity index (χ0v) is 17.6. The number of rotatable bonds is 4. The predicted octanol–water partition coefficient (Wildman–Crippen LogP) is 5.02. The summed E-state index contributed by atoms with van der Waals surface area (Å²) >= 11 is 6.02. The first-order valence-electron chi connectivity index (χ1n) is 9.16. The summed E-state index contributed by atoms with van der Waals surface area (Å²) in [6.45, 7) is 5.39. The van der Waals surface area contributed by atoms with Crippen molar-refractivity contribution in [1.82, 2.24) is 9.97 Å². The van der Waals surface area contributed by atoms with E-state index in [4.69, 9.17) is 22.1 Å². The van der Waals surface area contributed by atoms with Gasteiger partial charge in [0.15, 0.2) is 5.78 Å². The first-order chi connectivity index (χ1) is 14.2. The molecule has 0 fully saturated rings. The highest BCUT2D eigenvalue weighted by molar-refractivity contribution is 6.34. The number of carbonyl (C=O) groups is 2. The number of hydrogen-bond acceptors (Lipinski definition) is 6. The van der Waals surface area contributed by atoms with E-state index in [1.807, 2.05) is 18.2 Å². The third kappa shape index (κ3) is 4.75. The van der Waals surface area contributed by atoms with Crippen molar-refractivity contribution in [2.75, 3.05) is 10.6 Å². The van der Waals surface area contributed by atoms with E-state index in [2.05, 4.69) is 9.97 Å². The summed E-state index contributed by atoms with van der Waals surface area (Å²) in [6, 6.07) is 15.6. The number of benzene rings is 2. The van der Waals surface area contributed by atoms with Crippen molar-refractivity contribution < 1.29 is 14.3 Å². The van der Waals surface area contributed by atoms with Crippen molar-refractivity contribution in [3.05, 3.63) is 77.2 Å². The fourth-order valence-electron chi connectivity index (χ4n) is 2.74. The average Bonchev–Trinajstić information content (AvgIpc) is 2.68. The summed E-state index contributed by atoms with van der Waals surface area (Å²) in [5.41, 5.74) is 6.67. The minimum absolute atomic E-state index is 0.00347. The monoisotopic (exact) mass is 424 g/mol. The highest BCUT2D eigenvalue weighted by Crippen LogP contribution is 2.29. The molecule has 0 bridgehead atoms. The molecular formula is C22H21ClN4O3. The van der Waals surface area contributed by atoms with E-state index in [-0.39, 0.29) is 16.5 Å². The SMILES string of the molecule is CC(C)(C)OC(=O)N(c1ccccc1)c1ccc(C(=O)c2c(N)ncnc2Cl)cc1. The van der Waals surface area contributed by atoms with Crippen LogP contribution in [0, 0.1) is 0 Å². The molecule has 3 rings (SSSR count). The fourth-order valence-corrected chi connectivity index (χ4v) is 2.96. The van der Waals surface area contributed by atoms with Crippen LogP contribution >= 0.6 is 11.6 Å². The van der Waals surface area contributed by atoms with Crippen LogP contribution in [0.3, 0.4) is 0 Å². The number of nitrogen functional groups attached to an aromatic ring is 1. The van der Waals surface area contributed by atoms with Gasteiger partial charge in [0.25, 0.3) is 0 Å². The number of halogens is 1. The lowest BCUT2D eigenvalue weighted by molar-refractivity contribution is 0.0599. The molecule has 0 radical (unpaired) electrons. The Morgan fingerprint density at radius 3 is 2.13 bits per heavy atom. The molecule has 0 unspecified atom stereocenters. The topological polar surface area (TPSA) is 98.4 Å². The molecule has 0 spiro atoms. The van der Waals surface area contributed by atoms with Crippen LogP contribution in [-0.2, 0) is 4.74 Å². The summed E-state index contributed by atoms with van der Waals surface area (Å²) in [7, 11) is 0. The van der Waals surface area contributed by atoms with Crippen molar-refractivity contribution in [3.63, 3.8) is 0 Å². The number of ether oxygens (including phenoxy) is 1. The number of ketones is 1. The van der Waals surface area contributed by atoms with Gasteiger partial charge in [-0.15, -0.1) is 0 Å². The van der Waals surface area contributed by atoms with Crippen LogP contribution in [0.15, 0.2) is 60.9 Å². The van der Waals surface area contributed by atoms with Crippen LogP contribution < -0.4 is 10.6 Å². The number of nitrogens with zero attached hydrogens (tertiary/aromatic N) is 3. The van der Waals surface area contributed by atoms with Crippen molar-refractivity contribution >= 4 is 40.7 Å². The molecule has 0 aliphatic carbocycles. The molecule has 30 heavy (non-hydrogen) atoms. The standard InChI is InChI=1S/C22H21ClN4O3/c1-22(2,3)30-21(29)27(15-7-5-4-6-8-15)16-11-9-14(10-12-16)18(28)17-19(23)25-13-26-20(17)24/h4-13H,1-3H3,(H2,24,25,26). The molecule has 0 aliphatic heterocycles. The largest absolute Gasteiger partial charge is 0.443 e. The second-order valence-electron chi connectivity index (χ2n) is 7.45. The zero-order chi connectivity index (χ0) is 21.9. The molecule has 0 saturated heterocycles. The van der Waals surface area contributed by atoms with Crippen LogP contribution in [0.5, 0.6) is 0 Å². The first kappa shape index (κ1) is 21.3. The van der Waals surface area contributed by atoms with Gasteiger partial charge < -0.3 is 10.5 Å². The Morgan fingerprint density at radius 1 is 0.967 bits per heavy atom. The van der Waals surface area contributed by atoms with Crippen LogP contribution in [0.25, 0.3) is 0 Å². The number of amides is 1. The Morgan fingerprint density at radius 2 is 1.57 bits per heavy atom. The molecule has 154 valence electrons. The Kier molecular flexibility index (Phi) is 6.03. The maximum Gasteiger partial charge on any atom is 0.419 e. The minimum Gasteiger partial charge on any atom is -0.443 e. The van der Waals surface area contributed by atoms with Gasteiger partial charge in [-0.3, -0.25) is 4.79 Å². The highest BCUT2D eigenvalue weighted by Gasteiger charge is 2.25. The fraction of sp³-hybridized carbons (Fsp3) is 0.182. The van der Waals surface area contributed by atoms with Gasteiger partial charge in [-0.05, 0) is 57.2 Å². The van der Waals surface area contributed by atoms with E-state index < -0.39 is 17.5 Å². The van der Waals surface area contributed by atoms with Crippen molar-refractivity contribution in [2.24, 2.45) is 0 Å². The molecule has 0 saturated carbocycles. The highest BCUT2D eigenvalue weighted by atomic mass is 35.5. The van der Waals surface area contributed by atoms with Gasteiger partial charge in [-0.2, -0.15) is 0 Å². The lowest BCUT2D eigenvalue weighted by Crippen LogP contribution is -2.33. The number of para-hydroxylation sites is 1. The summed E-state index contributed by atoms with van der Waals surface area (Å²) in [5.74, 6) is -0.406. The average molecular weight is 425 g/mol. The summed E-state index contributed by atoms with van der Waals surface area (Å²) in [6.07, 6.45) is 0.660. The molecule has 7 nitrogen and oxygen atoms in total. The molecule has 0 aliphatic rings. The third-order valence-electron chi connectivity index (χ3n) is 4.04. The van der Waals surface area contributed by atoms with Crippen LogP contribution in [0.4, 0.5) is 22.0 Å². The predicted molar refractivity (Wildman–Crippen MR) is 116 cm³/mol. The molecule has 1 aromatic heterocycles. The normalized spacial score (nSPS) is 11.1. The Labute approximate surface area is 179 Å². The summed E-state index contributed by atoms with van der Waals surface area (Å²) in [4.78, 5) is 34.8. The van der Waals surface area contributed by atoms with E-state index in [1.165, 1.54) is 11.2 Å². The zero-order valence-electron chi connectivity index (χ0n) is 16.8. The van der Waals surface area contributed by atoms with Gasteiger partial charge in [-0.1, -0.05) is 29.8 Å². The van der Waals surface area contributed by atoms with Gasteiger partial charge in [-0.25, -0.2) is 19.7 Å². The Bertz CT molecular complexity index is 1040. The van der Waals surface area contributed by atoms with Crippen LogP contribution in [0.1, 0.15) is 36.7 Å². The molecule has 2 aromatic carbocycles. The maximum absolute atomic E-state index is 12.9. The molecule has 3 aromatic rings. The quantitative estimate of drug-likeness (QED) is 0.466. The Balaban J connectivity index is 1.96. The lowest BCUT2D eigenvalue weighted by atomic mass is 10.0.